The summed E-state index contributed by atoms with van der Waals surface area (Å²) in [6, 6.07) is -0.965. The molecule has 0 aliphatic heterocycles. The number of hydrogen-bond donors (Lipinski definition) is 2. The van der Waals surface area contributed by atoms with Crippen LogP contribution in [0.5, 0.6) is 0 Å². The summed E-state index contributed by atoms with van der Waals surface area (Å²) in [5, 5.41) is 5.31. The number of hydrogen-bond acceptors (Lipinski definition) is 3. The van der Waals surface area contributed by atoms with Crippen LogP contribution in [0.1, 0.15) is 28.5 Å². The fraction of sp³-hybridized carbons (Fsp3) is 0.778. The first-order valence-corrected chi connectivity index (χ1v) is 4.34. The lowest BCUT2D eigenvalue weighted by Crippen LogP contribution is -2.47. The molecule has 1 amide bonds. The van der Waals surface area contributed by atoms with Gasteiger partial charge in [-0.05, 0) is 27.3 Å². The summed E-state index contributed by atoms with van der Waals surface area (Å²) < 4.78 is 7.09. The second-order valence-corrected chi connectivity index (χ2v) is 2.92. The van der Waals surface area contributed by atoms with E-state index in [2.05, 4.69) is 10.6 Å². The number of carbonyl (C=O) groups excluding carboxylic acids is 2. The van der Waals surface area contributed by atoms with E-state index in [1.54, 1.807) is 7.05 Å². The van der Waals surface area contributed by atoms with Gasteiger partial charge in [-0.25, -0.2) is 0 Å². The van der Waals surface area contributed by atoms with Gasteiger partial charge >= 0.3 is 0 Å². The molecule has 4 heteroatoms. The molecule has 2 unspecified atom stereocenters. The Balaban J connectivity index is 4.20. The molecule has 4 nitrogen and oxygen atoms in total. The molecule has 0 heterocycles. The lowest BCUT2D eigenvalue weighted by Gasteiger charge is -2.16. The van der Waals surface area contributed by atoms with Crippen molar-refractivity contribution in [2.45, 2.75) is 39.3 Å². The van der Waals surface area contributed by atoms with Crippen LogP contribution < -0.4 is 10.6 Å². The lowest BCUT2D eigenvalue weighted by molar-refractivity contribution is -0.127. The van der Waals surface area contributed by atoms with Gasteiger partial charge in [-0.3, -0.25) is 9.59 Å². The zero-order valence-electron chi connectivity index (χ0n) is 9.39. The Hall–Kier alpha value is -0.900. The van der Waals surface area contributed by atoms with Crippen molar-refractivity contribution >= 4 is 11.7 Å². The van der Waals surface area contributed by atoms with Crippen molar-refractivity contribution in [1.29, 1.82) is 0 Å². The van der Waals surface area contributed by atoms with E-state index >= 15 is 0 Å². The molecule has 0 aliphatic rings. The third-order valence-electron chi connectivity index (χ3n) is 1.88. The van der Waals surface area contributed by atoms with Crippen LogP contribution in [0, 0.1) is 0 Å². The fourth-order valence-electron chi connectivity index (χ4n) is 0.895. The molecule has 0 aromatic rings. The molecule has 13 heavy (non-hydrogen) atoms. The molecule has 0 aliphatic carbocycles. The standard InChI is InChI=1S/C9H18N2O2/c1-5-8(7(3)12)11-9(13)6(2)10-4/h6,8,10H,5H2,1-4H3,(H,11,13)/i2T. The van der Waals surface area contributed by atoms with E-state index in [0.717, 1.165) is 0 Å². The van der Waals surface area contributed by atoms with Gasteiger partial charge in [-0.2, -0.15) is 0 Å². The molecule has 76 valence electrons. The van der Waals surface area contributed by atoms with Crippen LogP contribution in [-0.2, 0) is 9.59 Å². The highest BCUT2D eigenvalue weighted by Crippen LogP contribution is 1.93. The SMILES string of the molecule is [3H]CC(NC)C(=O)NC(CC)C(C)=O. The molecule has 0 spiro atoms. The lowest BCUT2D eigenvalue weighted by atomic mass is 10.1. The molecule has 0 radical (unpaired) electrons. The molecule has 0 saturated carbocycles. The fourth-order valence-corrected chi connectivity index (χ4v) is 0.895. The Kier molecular flexibility index (Phi) is 4.46. The predicted octanol–water partition coefficient (Wildman–Crippen LogP) is 0.0781. The van der Waals surface area contributed by atoms with E-state index in [9.17, 15) is 9.59 Å². The molecule has 0 aromatic heterocycles. The van der Waals surface area contributed by atoms with E-state index in [0.29, 0.717) is 6.42 Å². The molecule has 0 saturated heterocycles. The molecule has 0 aromatic carbocycles. The van der Waals surface area contributed by atoms with Gasteiger partial charge in [0.05, 0.1) is 12.1 Å². The number of likely N-dealkylation sites (N-methyl/N-ethyl adjacent to an activating group) is 1. The van der Waals surface area contributed by atoms with E-state index in [1.807, 2.05) is 6.92 Å². The molecular weight excluding hydrogens is 168 g/mol. The number of amides is 1. The van der Waals surface area contributed by atoms with Crippen molar-refractivity contribution in [2.75, 3.05) is 7.05 Å². The van der Waals surface area contributed by atoms with Gasteiger partial charge in [0.25, 0.3) is 0 Å². The maximum absolute atomic E-state index is 11.4. The Bertz CT molecular complexity index is 205. The van der Waals surface area contributed by atoms with Crippen molar-refractivity contribution in [3.8, 4) is 0 Å². The van der Waals surface area contributed by atoms with E-state index < -0.39 is 12.1 Å². The number of carbonyl (C=O) groups is 2. The van der Waals surface area contributed by atoms with Crippen LogP contribution in [0.2, 0.25) is 0 Å². The van der Waals surface area contributed by atoms with Gasteiger partial charge in [0.2, 0.25) is 5.91 Å². The monoisotopic (exact) mass is 188 g/mol. The van der Waals surface area contributed by atoms with Crippen LogP contribution in [0.3, 0.4) is 0 Å². The predicted molar refractivity (Wildman–Crippen MR) is 51.4 cm³/mol. The Labute approximate surface area is 80.5 Å². The molecular formula is C9H18N2O2. The van der Waals surface area contributed by atoms with Crippen molar-refractivity contribution in [3.63, 3.8) is 0 Å². The highest BCUT2D eigenvalue weighted by atomic mass is 16.2. The van der Waals surface area contributed by atoms with Gasteiger partial charge in [-0.15, -0.1) is 0 Å². The van der Waals surface area contributed by atoms with Crippen LogP contribution >= 0.6 is 0 Å². The van der Waals surface area contributed by atoms with Crippen molar-refractivity contribution in [3.05, 3.63) is 0 Å². The van der Waals surface area contributed by atoms with E-state index in [-0.39, 0.29) is 18.6 Å². The second kappa shape index (κ2) is 5.70. The third kappa shape index (κ3) is 4.03. The molecule has 2 N–H and O–H groups in total. The van der Waals surface area contributed by atoms with Crippen LogP contribution in [0.4, 0.5) is 0 Å². The maximum atomic E-state index is 11.4. The van der Waals surface area contributed by atoms with Gasteiger partial charge in [0.15, 0.2) is 5.78 Å². The quantitative estimate of drug-likeness (QED) is 0.642. The minimum absolute atomic E-state index is 0.0311. The normalized spacial score (nSPS) is 15.8. The zero-order chi connectivity index (χ0) is 11.1. The van der Waals surface area contributed by atoms with Crippen LogP contribution in [-0.4, -0.2) is 30.8 Å². The van der Waals surface area contributed by atoms with Gasteiger partial charge in [-0.1, -0.05) is 6.92 Å². The second-order valence-electron chi connectivity index (χ2n) is 2.92. The largest absolute Gasteiger partial charge is 0.345 e. The molecule has 0 fully saturated rings. The number of rotatable bonds is 5. The summed E-state index contributed by atoms with van der Waals surface area (Å²) in [5.41, 5.74) is 0. The minimum atomic E-state index is -0.539. The summed E-state index contributed by atoms with van der Waals surface area (Å²) in [4.78, 5) is 22.5. The topological polar surface area (TPSA) is 58.2 Å². The maximum Gasteiger partial charge on any atom is 0.237 e. The Morgan fingerprint density at radius 2 is 2.15 bits per heavy atom. The number of nitrogens with one attached hydrogen (secondary N) is 2. The summed E-state index contributed by atoms with van der Waals surface area (Å²) >= 11 is 0. The number of ketones is 1. The summed E-state index contributed by atoms with van der Waals surface area (Å²) in [7, 11) is 1.62. The van der Waals surface area contributed by atoms with E-state index in [1.165, 1.54) is 6.92 Å². The Morgan fingerprint density at radius 3 is 2.46 bits per heavy atom. The molecule has 0 rings (SSSR count). The third-order valence-corrected chi connectivity index (χ3v) is 1.88. The van der Waals surface area contributed by atoms with Crippen LogP contribution in [0.25, 0.3) is 0 Å². The smallest absolute Gasteiger partial charge is 0.237 e. The van der Waals surface area contributed by atoms with Crippen molar-refractivity contribution < 1.29 is 11.0 Å². The summed E-state index contributed by atoms with van der Waals surface area (Å²) in [6.45, 7) is 3.25. The molecule has 0 bridgehead atoms. The molecule has 2 atom stereocenters. The van der Waals surface area contributed by atoms with E-state index in [4.69, 9.17) is 1.37 Å². The van der Waals surface area contributed by atoms with Gasteiger partial charge in [0, 0.05) is 1.37 Å². The first-order valence-electron chi connectivity index (χ1n) is 5.04. The highest BCUT2D eigenvalue weighted by Gasteiger charge is 2.17. The number of Topliss-reactive ketones (excluding diaryl/α,β-unsaturated/α-hetero) is 1. The van der Waals surface area contributed by atoms with Gasteiger partial charge < -0.3 is 10.6 Å². The highest BCUT2D eigenvalue weighted by molar-refractivity contribution is 5.89. The van der Waals surface area contributed by atoms with Crippen molar-refractivity contribution in [2.24, 2.45) is 0 Å². The first-order chi connectivity index (χ1) is 6.56. The summed E-state index contributed by atoms with van der Waals surface area (Å²) in [5.74, 6) is -0.342. The summed E-state index contributed by atoms with van der Waals surface area (Å²) in [6.07, 6.45) is 0.579. The van der Waals surface area contributed by atoms with Crippen molar-refractivity contribution in [1.82, 2.24) is 10.6 Å². The zero-order valence-corrected chi connectivity index (χ0v) is 8.39. The average molecular weight is 188 g/mol. The van der Waals surface area contributed by atoms with Crippen LogP contribution in [0.15, 0.2) is 0 Å². The minimum Gasteiger partial charge on any atom is -0.345 e. The van der Waals surface area contributed by atoms with Gasteiger partial charge in [0.1, 0.15) is 0 Å². The average Bonchev–Trinajstić information content (AvgIpc) is 2.15. The first kappa shape index (κ1) is 10.2. The Morgan fingerprint density at radius 1 is 1.54 bits per heavy atom.